The molecule has 5 aromatic heterocycles. The molecule has 20 rings (SSSR count). The van der Waals surface area contributed by atoms with Crippen LogP contribution in [0.3, 0.4) is 0 Å². The van der Waals surface area contributed by atoms with Crippen LogP contribution in [0.4, 0.5) is 17.6 Å². The fraction of sp³-hybridized carbons (Fsp3) is 0.429. The lowest BCUT2D eigenvalue weighted by molar-refractivity contribution is -0.119. The van der Waals surface area contributed by atoms with E-state index in [4.69, 9.17) is 0 Å². The number of benzene rings is 5. The van der Waals surface area contributed by atoms with Gasteiger partial charge in [-0.15, -0.1) is 0 Å². The molecule has 644 valence electrons. The zero-order valence-electron chi connectivity index (χ0n) is 75.5. The number of carbonyl (C=O) groups is 5. The van der Waals surface area contributed by atoms with Crippen molar-refractivity contribution in [3.05, 3.63) is 316 Å². The summed E-state index contributed by atoms with van der Waals surface area (Å²) in [6.07, 6.45) is 11.1. The third-order valence-corrected chi connectivity index (χ3v) is 28.0. The van der Waals surface area contributed by atoms with Gasteiger partial charge in [0.1, 0.15) is 23.3 Å². The normalized spacial score (nSPS) is 22.0. The molecule has 5 unspecified atom stereocenters. The van der Waals surface area contributed by atoms with Crippen LogP contribution >= 0.6 is 0 Å². The molecular weight excluding hydrogens is 1560 g/mol. The Balaban J connectivity index is 0.000000115. The first-order valence-electron chi connectivity index (χ1n) is 44.0. The first kappa shape index (κ1) is 86.4. The number of ketones is 5. The Morgan fingerprint density at radius 2 is 0.524 bits per heavy atom. The summed E-state index contributed by atoms with van der Waals surface area (Å²) in [5.41, 5.74) is 35.8. The molecule has 0 saturated carbocycles. The number of allylic oxidation sites excluding steroid dienone is 10. The number of H-pyrrole nitrogens is 5. The van der Waals surface area contributed by atoms with Crippen molar-refractivity contribution in [1.29, 1.82) is 0 Å². The van der Waals surface area contributed by atoms with E-state index in [0.29, 0.717) is 43.5 Å². The molecule has 0 saturated heterocycles. The molecule has 0 radical (unpaired) electrons. The van der Waals surface area contributed by atoms with Gasteiger partial charge in [0.15, 0.2) is 28.9 Å². The highest BCUT2D eigenvalue weighted by atomic mass is 19.1. The molecule has 10 aromatic rings. The van der Waals surface area contributed by atoms with Crippen molar-refractivity contribution < 1.29 is 41.5 Å². The number of aryl methyl sites for hydroxylation is 9. The van der Waals surface area contributed by atoms with E-state index in [1.807, 2.05) is 60.6 Å². The molecule has 0 aliphatic heterocycles. The molecule has 15 nitrogen and oxygen atoms in total. The SMILES string of the molecule is Cc1[nH]nc2c1C(c1cccc(F)c1C)C1=C(C2)CC(C)(C)CC1=O.Cc1cc(F)ccc1C1C2=C(Cc3n[nH]c(C)c31)CC(C)(C)CC2=O.Cc1ccc(F)cc1C1C2=C(Cc3n[nH]c(C)c31)CC(C)(C)CC2=O.Cc1ccc(F)cc1C1C2=C(Cc3n[nH]c(C)c31)CC(C)(C)CC2=O.Cc1ccccc1C1C2=C(Cc3n[nH]c(C)c31)CC(C)(C)CC2=O. The predicted molar refractivity (Wildman–Crippen MR) is 475 cm³/mol. The second-order valence-corrected chi connectivity index (χ2v) is 41.2. The van der Waals surface area contributed by atoms with Crippen molar-refractivity contribution in [3.8, 4) is 0 Å². The van der Waals surface area contributed by atoms with Gasteiger partial charge in [-0.2, -0.15) is 25.5 Å². The standard InChI is InChI=1S/4C21H23FN2O.C21H24N2O/c1-11-7-14(22)5-6-15(11)20-18-12(2)23-24-16(18)8-13-9-21(3,4)10-17(25)19(13)20;2*1-11-5-6-14(22)8-15(11)20-18-12(2)23-24-16(18)7-13-9-21(3,4)10-17(25)19(13)20;1-11-14(6-5-7-15(11)22)20-18-12(2)23-24-16(18)8-13-9-21(3,4)10-17(25)19(13)20;1-12-7-5-6-8-15(12)20-18-13(2)22-23-16(18)9-14-10-21(3,4)11-17(24)19(14)20/h5-7,20H,8-10H2,1-4H3,(H,23,24);2*5-6,8,20H,7,9-10H2,1-4H3,(H,23,24);5-7,20H,8-10H2,1-4H3,(H,23,24);5-8,20H,9-11H2,1-4H3,(H,22,23). The average Bonchev–Trinajstić information content (AvgIpc) is 1.35. The molecular formula is C105H116F4N10O5. The number of hydrogen-bond acceptors (Lipinski definition) is 10. The Morgan fingerprint density at radius 1 is 0.274 bits per heavy atom. The number of rotatable bonds is 5. The van der Waals surface area contributed by atoms with Gasteiger partial charge in [-0.25, -0.2) is 17.6 Å². The van der Waals surface area contributed by atoms with E-state index < -0.39 is 0 Å². The Labute approximate surface area is 725 Å². The molecule has 0 amide bonds. The molecule has 5 heterocycles. The summed E-state index contributed by atoms with van der Waals surface area (Å²) in [7, 11) is 0. The number of nitrogens with zero attached hydrogens (tertiary/aromatic N) is 5. The van der Waals surface area contributed by atoms with Crippen molar-refractivity contribution >= 4 is 28.9 Å². The van der Waals surface area contributed by atoms with Crippen LogP contribution in [0.1, 0.15) is 303 Å². The van der Waals surface area contributed by atoms with Crippen molar-refractivity contribution in [1.82, 2.24) is 51.0 Å². The second kappa shape index (κ2) is 32.2. The summed E-state index contributed by atoms with van der Waals surface area (Å²) in [6.45, 7) is 41.4. The molecule has 19 heteroatoms. The molecule has 124 heavy (non-hydrogen) atoms. The van der Waals surface area contributed by atoms with Crippen molar-refractivity contribution in [2.24, 2.45) is 27.1 Å². The maximum Gasteiger partial charge on any atom is 0.160 e. The lowest BCUT2D eigenvalue weighted by atomic mass is 9.64. The van der Waals surface area contributed by atoms with Crippen molar-refractivity contribution in [2.75, 3.05) is 0 Å². The predicted octanol–water partition coefficient (Wildman–Crippen LogP) is 22.6. The lowest BCUT2D eigenvalue weighted by Crippen LogP contribution is -2.32. The fourth-order valence-electron chi connectivity index (χ4n) is 22.9. The Hall–Kier alpha value is -11.1. The van der Waals surface area contributed by atoms with Crippen LogP contribution < -0.4 is 0 Å². The number of hydrogen-bond donors (Lipinski definition) is 5. The average molecular weight is 1670 g/mol. The molecule has 0 bridgehead atoms. The Bertz CT molecular complexity index is 6010. The summed E-state index contributed by atoms with van der Waals surface area (Å²) < 4.78 is 55.9. The summed E-state index contributed by atoms with van der Waals surface area (Å²) >= 11 is 0. The summed E-state index contributed by atoms with van der Waals surface area (Å²) in [5.74, 6) is -0.586. The van der Waals surface area contributed by atoms with E-state index in [1.165, 1.54) is 68.8 Å². The number of Topliss-reactive ketones (excluding diaryl/α,β-unsaturated/α-hetero) is 5. The minimum atomic E-state index is -0.264. The first-order valence-corrected chi connectivity index (χ1v) is 44.0. The quantitative estimate of drug-likeness (QED) is 0.102. The van der Waals surface area contributed by atoms with E-state index in [9.17, 15) is 41.5 Å². The number of aromatic nitrogens is 10. The molecule has 10 aliphatic rings. The number of halogens is 4. The van der Waals surface area contributed by atoms with Gasteiger partial charge in [-0.1, -0.05) is 152 Å². The third-order valence-electron chi connectivity index (χ3n) is 28.0. The van der Waals surface area contributed by atoms with Gasteiger partial charge < -0.3 is 0 Å². The number of carbonyl (C=O) groups excluding carboxylic acids is 5. The summed E-state index contributed by atoms with van der Waals surface area (Å²) in [6, 6.07) is 28.2. The zero-order valence-corrected chi connectivity index (χ0v) is 75.5. The highest BCUT2D eigenvalue weighted by Crippen LogP contribution is 2.57. The van der Waals surface area contributed by atoms with Crippen molar-refractivity contribution in [3.63, 3.8) is 0 Å². The van der Waals surface area contributed by atoms with Crippen LogP contribution in [0, 0.1) is 120 Å². The van der Waals surface area contributed by atoms with Gasteiger partial charge in [0, 0.05) is 178 Å². The number of aromatic amines is 5. The Kier molecular flexibility index (Phi) is 22.4. The minimum absolute atomic E-state index is 0.0127. The van der Waals surface area contributed by atoms with Gasteiger partial charge in [0.05, 0.1) is 28.5 Å². The maximum atomic E-state index is 14.3. The molecule has 5 aromatic carbocycles. The van der Waals surface area contributed by atoms with Crippen LogP contribution in [0.5, 0.6) is 0 Å². The van der Waals surface area contributed by atoms with Crippen LogP contribution in [-0.4, -0.2) is 79.9 Å². The zero-order chi connectivity index (χ0) is 88.8. The van der Waals surface area contributed by atoms with E-state index in [0.717, 1.165) is 210 Å². The van der Waals surface area contributed by atoms with E-state index in [1.54, 1.807) is 43.3 Å². The van der Waals surface area contributed by atoms with Gasteiger partial charge in [0.25, 0.3) is 0 Å². The van der Waals surface area contributed by atoms with Gasteiger partial charge in [0.2, 0.25) is 0 Å². The smallest absolute Gasteiger partial charge is 0.160 e. The third kappa shape index (κ3) is 16.2. The Morgan fingerprint density at radius 3 is 0.823 bits per heavy atom. The van der Waals surface area contributed by atoms with E-state index in [2.05, 4.69) is 158 Å². The molecule has 5 N–H and O–H groups in total. The molecule has 10 aliphatic carbocycles. The molecule has 0 fully saturated rings. The van der Waals surface area contributed by atoms with Crippen LogP contribution in [0.25, 0.3) is 0 Å². The maximum absolute atomic E-state index is 14.3. The van der Waals surface area contributed by atoms with Crippen molar-refractivity contribution in [2.45, 2.75) is 264 Å². The van der Waals surface area contributed by atoms with Gasteiger partial charge >= 0.3 is 0 Å². The lowest BCUT2D eigenvalue weighted by Gasteiger charge is -2.38. The summed E-state index contributed by atoms with van der Waals surface area (Å²) in [4.78, 5) is 65.4. The fourth-order valence-corrected chi connectivity index (χ4v) is 22.9. The minimum Gasteiger partial charge on any atom is -0.294 e. The second-order valence-electron chi connectivity index (χ2n) is 41.2. The van der Waals surface area contributed by atoms with Crippen LogP contribution in [0.2, 0.25) is 0 Å². The first-order chi connectivity index (χ1) is 58.5. The van der Waals surface area contributed by atoms with Crippen LogP contribution in [-0.2, 0) is 56.1 Å². The number of nitrogens with one attached hydrogen (secondary N) is 5. The highest BCUT2D eigenvalue weighted by molar-refractivity contribution is 6.04. The molecule has 0 spiro atoms. The summed E-state index contributed by atoms with van der Waals surface area (Å²) in [5, 5.41) is 38.0. The molecule has 5 atom stereocenters. The van der Waals surface area contributed by atoms with E-state index >= 15 is 0 Å². The van der Waals surface area contributed by atoms with Gasteiger partial charge in [-0.05, 0) is 227 Å². The highest BCUT2D eigenvalue weighted by Gasteiger charge is 2.49. The number of fused-ring (bicyclic) bond motifs is 5. The topological polar surface area (TPSA) is 229 Å². The van der Waals surface area contributed by atoms with E-state index in [-0.39, 0.29) is 103 Å². The van der Waals surface area contributed by atoms with Gasteiger partial charge in [-0.3, -0.25) is 49.5 Å². The largest absolute Gasteiger partial charge is 0.294 e. The monoisotopic (exact) mass is 1670 g/mol. The van der Waals surface area contributed by atoms with Crippen LogP contribution in [0.15, 0.2) is 153 Å².